The van der Waals surface area contributed by atoms with E-state index in [0.717, 1.165) is 52.1 Å². The maximum Gasteiger partial charge on any atom is 0.406 e. The molecule has 1 aliphatic carbocycles. The van der Waals surface area contributed by atoms with Crippen molar-refractivity contribution in [2.75, 3.05) is 6.54 Å². The number of unbranched alkanes of at least 4 members (excludes halogenated alkanes) is 2. The zero-order valence-electron chi connectivity index (χ0n) is 22.8. The van der Waals surface area contributed by atoms with E-state index in [4.69, 9.17) is 15.3 Å². The number of hydroxylamine groups is 2. The first kappa shape index (κ1) is 28.8. The number of nitrogens with one attached hydrogen (secondary N) is 1. The summed E-state index contributed by atoms with van der Waals surface area (Å²) in [5.41, 5.74) is 10.8. The predicted molar refractivity (Wildman–Crippen MR) is 153 cm³/mol. The molecule has 0 radical (unpaired) electrons. The van der Waals surface area contributed by atoms with Gasteiger partial charge in [0.25, 0.3) is 0 Å². The van der Waals surface area contributed by atoms with E-state index in [1.54, 1.807) is 0 Å². The molecular weight excluding hydrogens is 506 g/mol. The Labute approximate surface area is 235 Å². The van der Waals surface area contributed by atoms with E-state index in [0.29, 0.717) is 19.3 Å². The molecule has 0 saturated heterocycles. The van der Waals surface area contributed by atoms with E-state index in [-0.39, 0.29) is 25.0 Å². The second-order valence-electron chi connectivity index (χ2n) is 10.1. The molecule has 3 aromatic carbocycles. The molecule has 0 saturated carbocycles. The molecule has 0 spiro atoms. The van der Waals surface area contributed by atoms with Gasteiger partial charge in [-0.15, -0.1) is 0 Å². The summed E-state index contributed by atoms with van der Waals surface area (Å²) in [5, 5.41) is 4.07. The Hall–Kier alpha value is -4.17. The van der Waals surface area contributed by atoms with Crippen LogP contribution in [0.1, 0.15) is 61.6 Å². The zero-order valence-corrected chi connectivity index (χ0v) is 22.8. The predicted octanol–water partition coefficient (Wildman–Crippen LogP) is 5.51. The smallest absolute Gasteiger partial charge is 0.406 e. The molecule has 8 nitrogen and oxygen atoms in total. The van der Waals surface area contributed by atoms with Crippen molar-refractivity contribution in [3.8, 4) is 11.1 Å². The van der Waals surface area contributed by atoms with E-state index in [1.807, 2.05) is 54.6 Å². The highest BCUT2D eigenvalue weighted by Crippen LogP contribution is 2.46. The maximum absolute atomic E-state index is 13.6. The van der Waals surface area contributed by atoms with E-state index in [9.17, 15) is 14.4 Å². The largest absolute Gasteiger partial charge is 0.426 e. The fourth-order valence-corrected chi connectivity index (χ4v) is 5.30. The fraction of sp³-hybridized carbons (Fsp3) is 0.344. The number of carbonyl (C=O) groups is 3. The maximum atomic E-state index is 13.6. The average molecular weight is 544 g/mol. The van der Waals surface area contributed by atoms with Crippen LogP contribution < -0.4 is 11.1 Å². The third-order valence-corrected chi connectivity index (χ3v) is 7.26. The number of benzene rings is 3. The molecule has 1 unspecified atom stereocenters. The minimum Gasteiger partial charge on any atom is -0.426 e. The van der Waals surface area contributed by atoms with Crippen molar-refractivity contribution in [1.82, 2.24) is 10.4 Å². The second-order valence-corrected chi connectivity index (χ2v) is 10.1. The Morgan fingerprint density at radius 2 is 1.57 bits per heavy atom. The van der Waals surface area contributed by atoms with Crippen LogP contribution in [0, 0.1) is 5.92 Å². The molecule has 0 aromatic heterocycles. The summed E-state index contributed by atoms with van der Waals surface area (Å²) in [7, 11) is 0. The summed E-state index contributed by atoms with van der Waals surface area (Å²) in [4.78, 5) is 43.0. The molecule has 3 amide bonds. The Morgan fingerprint density at radius 1 is 0.950 bits per heavy atom. The van der Waals surface area contributed by atoms with Crippen LogP contribution in [0.4, 0.5) is 4.79 Å². The second kappa shape index (κ2) is 14.3. The van der Waals surface area contributed by atoms with Gasteiger partial charge in [-0.3, -0.25) is 14.4 Å². The van der Waals surface area contributed by atoms with Gasteiger partial charge >= 0.3 is 6.09 Å². The molecule has 3 N–H and O–H groups in total. The van der Waals surface area contributed by atoms with Crippen molar-refractivity contribution in [3.05, 3.63) is 95.6 Å². The molecule has 3 aromatic rings. The molecule has 0 fully saturated rings. The average Bonchev–Trinajstić information content (AvgIpc) is 3.28. The standard InChI is InChI=1S/C32H37N3O5/c1-2-3-5-14-24(20-35(22-36)39-21-23-12-6-4-7-13-23)31(37)34-30(40-32(33)38)19-29-27-17-10-8-15-25(27)26-16-9-11-18-28(26)29/h4,6-13,15-18,22,24,29-30H,2-3,5,14,19-21H2,1H3,(H2,33,38)(H,34,37)/t24?,30-/m1/s1. The highest BCUT2D eigenvalue weighted by Gasteiger charge is 2.33. The van der Waals surface area contributed by atoms with E-state index in [2.05, 4.69) is 36.5 Å². The number of hydrogen-bond acceptors (Lipinski definition) is 5. The van der Waals surface area contributed by atoms with Gasteiger partial charge in [-0.2, -0.15) is 0 Å². The molecule has 4 rings (SSSR count). The van der Waals surface area contributed by atoms with Crippen molar-refractivity contribution in [2.24, 2.45) is 11.7 Å². The minimum absolute atomic E-state index is 0.0737. The first-order chi connectivity index (χ1) is 19.5. The molecule has 8 heteroatoms. The van der Waals surface area contributed by atoms with Crippen molar-refractivity contribution in [1.29, 1.82) is 0 Å². The summed E-state index contributed by atoms with van der Waals surface area (Å²) >= 11 is 0. The lowest BCUT2D eigenvalue weighted by Crippen LogP contribution is -2.46. The Bertz CT molecular complexity index is 1240. The molecule has 40 heavy (non-hydrogen) atoms. The normalized spacial score (nSPS) is 13.5. The lowest BCUT2D eigenvalue weighted by atomic mass is 9.92. The number of rotatable bonds is 15. The third-order valence-electron chi connectivity index (χ3n) is 7.26. The minimum atomic E-state index is -0.965. The summed E-state index contributed by atoms with van der Waals surface area (Å²) in [6.07, 6.45) is 2.31. The number of primary amides is 1. The lowest BCUT2D eigenvalue weighted by Gasteiger charge is -2.27. The molecular formula is C32H37N3O5. The van der Waals surface area contributed by atoms with Crippen molar-refractivity contribution in [3.63, 3.8) is 0 Å². The number of nitrogens with zero attached hydrogens (tertiary/aromatic N) is 1. The molecule has 1 aliphatic rings. The fourth-order valence-electron chi connectivity index (χ4n) is 5.30. The quantitative estimate of drug-likeness (QED) is 0.114. The summed E-state index contributed by atoms with van der Waals surface area (Å²) in [6, 6.07) is 25.7. The topological polar surface area (TPSA) is 111 Å². The molecule has 2 atom stereocenters. The first-order valence-electron chi connectivity index (χ1n) is 13.8. The van der Waals surface area contributed by atoms with E-state index < -0.39 is 18.2 Å². The van der Waals surface area contributed by atoms with Gasteiger partial charge in [0.1, 0.15) is 6.61 Å². The molecule has 0 heterocycles. The molecule has 0 aliphatic heterocycles. The van der Waals surface area contributed by atoms with Crippen molar-refractivity contribution < 1.29 is 24.0 Å². The SMILES string of the molecule is CCCCCC(CN(C=O)OCc1ccccc1)C(=O)N[C@@H](CC1c2ccccc2-c2ccccc21)OC(N)=O. The van der Waals surface area contributed by atoms with Gasteiger partial charge in [-0.05, 0) is 34.2 Å². The monoisotopic (exact) mass is 543 g/mol. The molecule has 0 bridgehead atoms. The van der Waals surface area contributed by atoms with E-state index in [1.165, 1.54) is 0 Å². The van der Waals surface area contributed by atoms with Crippen molar-refractivity contribution >= 4 is 18.4 Å². The lowest BCUT2D eigenvalue weighted by molar-refractivity contribution is -0.182. The first-order valence-corrected chi connectivity index (χ1v) is 13.8. The van der Waals surface area contributed by atoms with Gasteiger partial charge in [0.2, 0.25) is 12.3 Å². The van der Waals surface area contributed by atoms with Gasteiger partial charge < -0.3 is 15.8 Å². The van der Waals surface area contributed by atoms with Crippen LogP contribution >= 0.6 is 0 Å². The van der Waals surface area contributed by atoms with Gasteiger partial charge in [0, 0.05) is 12.3 Å². The number of ether oxygens (including phenoxy) is 1. The van der Waals surface area contributed by atoms with Crippen LogP contribution in [0.5, 0.6) is 0 Å². The van der Waals surface area contributed by atoms with Gasteiger partial charge in [-0.1, -0.05) is 105 Å². The highest BCUT2D eigenvalue weighted by atomic mass is 16.7. The Morgan fingerprint density at radius 3 is 2.17 bits per heavy atom. The highest BCUT2D eigenvalue weighted by molar-refractivity contribution is 5.80. The Balaban J connectivity index is 1.48. The zero-order chi connectivity index (χ0) is 28.3. The van der Waals surface area contributed by atoms with Crippen LogP contribution in [0.3, 0.4) is 0 Å². The van der Waals surface area contributed by atoms with Crippen LogP contribution in [0.15, 0.2) is 78.9 Å². The summed E-state index contributed by atoms with van der Waals surface area (Å²) in [6.45, 7) is 2.37. The van der Waals surface area contributed by atoms with Crippen LogP contribution in [-0.4, -0.2) is 36.2 Å². The van der Waals surface area contributed by atoms with Crippen LogP contribution in [-0.2, 0) is 25.8 Å². The number of amides is 3. The molecule has 210 valence electrons. The van der Waals surface area contributed by atoms with Crippen molar-refractivity contribution in [2.45, 2.75) is 57.8 Å². The van der Waals surface area contributed by atoms with E-state index >= 15 is 0 Å². The Kier molecular flexibility index (Phi) is 10.3. The summed E-state index contributed by atoms with van der Waals surface area (Å²) in [5.74, 6) is -0.969. The number of nitrogens with two attached hydrogens (primary N) is 1. The van der Waals surface area contributed by atoms with Gasteiger partial charge in [0.15, 0.2) is 6.23 Å². The number of hydrogen-bond donors (Lipinski definition) is 2. The van der Waals surface area contributed by atoms with Gasteiger partial charge in [-0.25, -0.2) is 9.86 Å². The third kappa shape index (κ3) is 7.48. The number of fused-ring (bicyclic) bond motifs is 3. The summed E-state index contributed by atoms with van der Waals surface area (Å²) < 4.78 is 5.42. The van der Waals surface area contributed by atoms with Gasteiger partial charge in [0.05, 0.1) is 12.5 Å². The number of carbonyl (C=O) groups excluding carboxylic acids is 3. The van der Waals surface area contributed by atoms with Crippen LogP contribution in [0.25, 0.3) is 11.1 Å². The van der Waals surface area contributed by atoms with Crippen LogP contribution in [0.2, 0.25) is 0 Å².